The Balaban J connectivity index is 2.33. The topological polar surface area (TPSA) is 13.1 Å². The molecule has 84 valence electrons. The molecule has 1 heteroatoms. The normalized spacial score (nSPS) is 11.1. The lowest BCUT2D eigenvalue weighted by Crippen LogP contribution is -1.79. The first kappa shape index (κ1) is 10.2. The van der Waals surface area contributed by atoms with E-state index in [0.717, 1.165) is 23.2 Å². The zero-order valence-corrected chi connectivity index (χ0v) is 9.86. The van der Waals surface area contributed by atoms with Crippen LogP contribution in [0.4, 0.5) is 0 Å². The van der Waals surface area contributed by atoms with Crippen molar-refractivity contribution in [2.75, 3.05) is 0 Å². The van der Waals surface area contributed by atoms with Crippen LogP contribution in [0.15, 0.2) is 53.5 Å². The molecule has 0 aliphatic heterocycles. The Morgan fingerprint density at radius 1 is 1.06 bits per heavy atom. The van der Waals surface area contributed by atoms with Crippen molar-refractivity contribution >= 4 is 27.5 Å². The van der Waals surface area contributed by atoms with Gasteiger partial charge in [0.2, 0.25) is 0 Å². The van der Waals surface area contributed by atoms with Gasteiger partial charge in [0.05, 0.1) is 0 Å². The Morgan fingerprint density at radius 2 is 1.82 bits per heavy atom. The first-order chi connectivity index (χ1) is 8.29. The van der Waals surface area contributed by atoms with E-state index in [4.69, 9.17) is 4.42 Å². The summed E-state index contributed by atoms with van der Waals surface area (Å²) in [6, 6.07) is 14.4. The van der Waals surface area contributed by atoms with Crippen LogP contribution in [0.3, 0.4) is 0 Å². The Morgan fingerprint density at radius 3 is 2.65 bits per heavy atom. The molecule has 0 unspecified atom stereocenters. The van der Waals surface area contributed by atoms with Crippen LogP contribution in [-0.2, 0) is 0 Å². The van der Waals surface area contributed by atoms with Gasteiger partial charge in [-0.05, 0) is 35.8 Å². The molecule has 0 atom stereocenters. The van der Waals surface area contributed by atoms with Gasteiger partial charge in [0, 0.05) is 10.8 Å². The summed E-state index contributed by atoms with van der Waals surface area (Å²) in [5.41, 5.74) is 4.25. The van der Waals surface area contributed by atoms with E-state index in [2.05, 4.69) is 31.7 Å². The maximum Gasteiger partial charge on any atom is 0.135 e. The SMILES string of the molecule is C=C(CC)c1ccc2oc3ccccc3c2c1. The van der Waals surface area contributed by atoms with E-state index in [1.54, 1.807) is 0 Å². The molecule has 0 radical (unpaired) electrons. The van der Waals surface area contributed by atoms with Crippen molar-refractivity contribution in [2.45, 2.75) is 13.3 Å². The fourth-order valence-electron chi connectivity index (χ4n) is 2.15. The average Bonchev–Trinajstić information content (AvgIpc) is 2.75. The summed E-state index contributed by atoms with van der Waals surface area (Å²) in [7, 11) is 0. The Bertz CT molecular complexity index is 704. The molecule has 3 rings (SSSR count). The highest BCUT2D eigenvalue weighted by atomic mass is 16.3. The Kier molecular flexibility index (Phi) is 2.25. The van der Waals surface area contributed by atoms with Gasteiger partial charge in [0.25, 0.3) is 0 Å². The first-order valence-corrected chi connectivity index (χ1v) is 5.89. The van der Waals surface area contributed by atoms with Crippen LogP contribution in [0.5, 0.6) is 0 Å². The molecule has 0 amide bonds. The molecule has 0 spiro atoms. The lowest BCUT2D eigenvalue weighted by atomic mass is 10.0. The summed E-state index contributed by atoms with van der Waals surface area (Å²) in [5, 5.41) is 2.35. The van der Waals surface area contributed by atoms with E-state index >= 15 is 0 Å². The second kappa shape index (κ2) is 3.77. The van der Waals surface area contributed by atoms with Crippen LogP contribution in [0.2, 0.25) is 0 Å². The quantitative estimate of drug-likeness (QED) is 0.594. The maximum atomic E-state index is 5.79. The standard InChI is InChI=1S/C16H14O/c1-3-11(2)12-8-9-16-14(10-12)13-6-4-5-7-15(13)17-16/h4-10H,2-3H2,1H3. The third-order valence-electron chi connectivity index (χ3n) is 3.21. The molecule has 0 aliphatic carbocycles. The highest BCUT2D eigenvalue weighted by Crippen LogP contribution is 2.30. The lowest BCUT2D eigenvalue weighted by Gasteiger charge is -2.01. The summed E-state index contributed by atoms with van der Waals surface area (Å²) in [6.07, 6.45) is 0.974. The van der Waals surface area contributed by atoms with Crippen molar-refractivity contribution in [3.8, 4) is 0 Å². The molecule has 3 aromatic rings. The lowest BCUT2D eigenvalue weighted by molar-refractivity contribution is 0.669. The summed E-state index contributed by atoms with van der Waals surface area (Å²) in [4.78, 5) is 0. The zero-order chi connectivity index (χ0) is 11.8. The minimum absolute atomic E-state index is 0.943. The van der Waals surface area contributed by atoms with Gasteiger partial charge in [-0.25, -0.2) is 0 Å². The fourth-order valence-corrected chi connectivity index (χ4v) is 2.15. The largest absolute Gasteiger partial charge is 0.456 e. The van der Waals surface area contributed by atoms with Gasteiger partial charge in [-0.1, -0.05) is 37.8 Å². The van der Waals surface area contributed by atoms with E-state index in [1.165, 1.54) is 16.3 Å². The molecule has 0 aliphatic rings. The molecule has 1 nitrogen and oxygen atoms in total. The number of hydrogen-bond donors (Lipinski definition) is 0. The smallest absolute Gasteiger partial charge is 0.135 e. The van der Waals surface area contributed by atoms with E-state index in [0.29, 0.717) is 0 Å². The van der Waals surface area contributed by atoms with Crippen molar-refractivity contribution in [3.63, 3.8) is 0 Å². The van der Waals surface area contributed by atoms with E-state index < -0.39 is 0 Å². The summed E-state index contributed by atoms with van der Waals surface area (Å²) in [5.74, 6) is 0. The molecule has 0 bridgehead atoms. The van der Waals surface area contributed by atoms with Crippen molar-refractivity contribution in [3.05, 3.63) is 54.6 Å². The Labute approximate surface area is 100 Å². The van der Waals surface area contributed by atoms with Crippen LogP contribution >= 0.6 is 0 Å². The van der Waals surface area contributed by atoms with Crippen LogP contribution in [0.25, 0.3) is 27.5 Å². The summed E-state index contributed by atoms with van der Waals surface area (Å²) in [6.45, 7) is 6.21. The van der Waals surface area contributed by atoms with Gasteiger partial charge >= 0.3 is 0 Å². The zero-order valence-electron chi connectivity index (χ0n) is 9.86. The molecule has 17 heavy (non-hydrogen) atoms. The molecule has 0 fully saturated rings. The predicted molar refractivity (Wildman–Crippen MR) is 73.0 cm³/mol. The summed E-state index contributed by atoms with van der Waals surface area (Å²) < 4.78 is 5.79. The number of para-hydroxylation sites is 1. The molecule has 0 N–H and O–H groups in total. The molecule has 1 aromatic heterocycles. The highest BCUT2D eigenvalue weighted by Gasteiger charge is 2.07. The second-order valence-corrected chi connectivity index (χ2v) is 4.27. The van der Waals surface area contributed by atoms with Crippen molar-refractivity contribution in [2.24, 2.45) is 0 Å². The van der Waals surface area contributed by atoms with Crippen LogP contribution < -0.4 is 0 Å². The third kappa shape index (κ3) is 1.55. The van der Waals surface area contributed by atoms with Crippen molar-refractivity contribution in [1.82, 2.24) is 0 Å². The predicted octanol–water partition coefficient (Wildman–Crippen LogP) is 5.01. The van der Waals surface area contributed by atoms with Gasteiger partial charge < -0.3 is 4.42 Å². The highest BCUT2D eigenvalue weighted by molar-refractivity contribution is 6.05. The molecule has 1 heterocycles. The van der Waals surface area contributed by atoms with Gasteiger partial charge in [-0.3, -0.25) is 0 Å². The minimum atomic E-state index is 0.943. The minimum Gasteiger partial charge on any atom is -0.456 e. The van der Waals surface area contributed by atoms with E-state index in [-0.39, 0.29) is 0 Å². The molecule has 0 saturated heterocycles. The Hall–Kier alpha value is -2.02. The van der Waals surface area contributed by atoms with Gasteiger partial charge in [0.15, 0.2) is 0 Å². The van der Waals surface area contributed by atoms with Gasteiger partial charge in [-0.2, -0.15) is 0 Å². The fraction of sp³-hybridized carbons (Fsp3) is 0.125. The number of fused-ring (bicyclic) bond motifs is 3. The summed E-state index contributed by atoms with van der Waals surface area (Å²) >= 11 is 0. The third-order valence-corrected chi connectivity index (χ3v) is 3.21. The molecule has 2 aromatic carbocycles. The van der Waals surface area contributed by atoms with Gasteiger partial charge in [-0.15, -0.1) is 0 Å². The molecular formula is C16H14O. The van der Waals surface area contributed by atoms with Crippen LogP contribution in [0.1, 0.15) is 18.9 Å². The number of furan rings is 1. The van der Waals surface area contributed by atoms with Crippen LogP contribution in [0, 0.1) is 0 Å². The van der Waals surface area contributed by atoms with E-state index in [1.807, 2.05) is 24.3 Å². The second-order valence-electron chi connectivity index (χ2n) is 4.27. The monoisotopic (exact) mass is 222 g/mol. The van der Waals surface area contributed by atoms with Crippen molar-refractivity contribution in [1.29, 1.82) is 0 Å². The molecular weight excluding hydrogens is 208 g/mol. The maximum absolute atomic E-state index is 5.79. The van der Waals surface area contributed by atoms with E-state index in [9.17, 15) is 0 Å². The first-order valence-electron chi connectivity index (χ1n) is 5.89. The number of allylic oxidation sites excluding steroid dienone is 1. The van der Waals surface area contributed by atoms with Gasteiger partial charge in [0.1, 0.15) is 11.2 Å². The van der Waals surface area contributed by atoms with Crippen molar-refractivity contribution < 1.29 is 4.42 Å². The average molecular weight is 222 g/mol. The number of hydrogen-bond acceptors (Lipinski definition) is 1. The van der Waals surface area contributed by atoms with Crippen LogP contribution in [-0.4, -0.2) is 0 Å². The number of benzene rings is 2. The molecule has 0 saturated carbocycles. The number of rotatable bonds is 2.